The van der Waals surface area contributed by atoms with Crippen molar-refractivity contribution >= 4 is 17.3 Å². The van der Waals surface area contributed by atoms with Crippen molar-refractivity contribution in [1.29, 1.82) is 0 Å². The van der Waals surface area contributed by atoms with Crippen LogP contribution in [0.3, 0.4) is 0 Å². The molecule has 0 amide bonds. The zero-order chi connectivity index (χ0) is 7.11. The van der Waals surface area contributed by atoms with Gasteiger partial charge < -0.3 is 11.1 Å². The van der Waals surface area contributed by atoms with Crippen LogP contribution in [0.5, 0.6) is 0 Å². The molecule has 0 radical (unpaired) electrons. The lowest BCUT2D eigenvalue weighted by Crippen LogP contribution is -2.29. The van der Waals surface area contributed by atoms with E-state index in [4.69, 9.17) is 5.73 Å². The Morgan fingerprint density at radius 2 is 2.44 bits per heavy atom. The Balaban J connectivity index is 3.01. The molecule has 9 heavy (non-hydrogen) atoms. The monoisotopic (exact) mass is 144 g/mol. The second-order valence-electron chi connectivity index (χ2n) is 1.65. The van der Waals surface area contributed by atoms with E-state index < -0.39 is 0 Å². The molecule has 0 bridgehead atoms. The molecule has 0 aromatic heterocycles. The smallest absolute Gasteiger partial charge is 0.163 e. The fraction of sp³-hybridized carbons (Fsp3) is 0.500. The number of allylic oxidation sites excluding steroid dienone is 1. The first kappa shape index (κ1) is 8.43. The predicted molar refractivity (Wildman–Crippen MR) is 44.2 cm³/mol. The van der Waals surface area contributed by atoms with E-state index in [-0.39, 0.29) is 0 Å². The largest absolute Gasteiger partial charge is 0.376 e. The lowest BCUT2D eigenvalue weighted by Gasteiger charge is -1.97. The van der Waals surface area contributed by atoms with E-state index in [9.17, 15) is 0 Å². The Hall–Kier alpha value is -0.570. The van der Waals surface area contributed by atoms with Gasteiger partial charge in [-0.05, 0) is 25.6 Å². The molecule has 52 valence electrons. The zero-order valence-electron chi connectivity index (χ0n) is 5.55. The van der Waals surface area contributed by atoms with Crippen molar-refractivity contribution in [2.24, 2.45) is 5.73 Å². The average Bonchev–Trinajstić information content (AvgIpc) is 1.80. The fourth-order valence-electron chi connectivity index (χ4n) is 0.445. The van der Waals surface area contributed by atoms with Crippen molar-refractivity contribution in [3.05, 3.63) is 12.2 Å². The highest BCUT2D eigenvalue weighted by Crippen LogP contribution is 1.77. The highest BCUT2D eigenvalue weighted by Gasteiger charge is 1.81. The van der Waals surface area contributed by atoms with Crippen molar-refractivity contribution in [3.63, 3.8) is 0 Å². The summed E-state index contributed by atoms with van der Waals surface area (Å²) in [6.45, 7) is 2.82. The molecule has 3 N–H and O–H groups in total. The van der Waals surface area contributed by atoms with E-state index in [1.807, 2.05) is 13.0 Å². The molecule has 0 aliphatic carbocycles. The Bertz CT molecular complexity index is 110. The summed E-state index contributed by atoms with van der Waals surface area (Å²) in [6, 6.07) is 0. The summed E-state index contributed by atoms with van der Waals surface area (Å²) in [5.74, 6) is 0. The van der Waals surface area contributed by atoms with Crippen LogP contribution >= 0.6 is 12.2 Å². The number of nitrogens with one attached hydrogen (secondary N) is 1. The van der Waals surface area contributed by atoms with Crippen molar-refractivity contribution in [2.45, 2.75) is 13.3 Å². The summed E-state index contributed by atoms with van der Waals surface area (Å²) in [7, 11) is 0. The van der Waals surface area contributed by atoms with Crippen molar-refractivity contribution in [2.75, 3.05) is 6.54 Å². The standard InChI is InChI=1S/C6H12N2S/c1-2-3-4-5-8-6(7)9/h2-3H,4-5H2,1H3,(H3,7,8,9)/b3-2+. The molecule has 0 rings (SSSR count). The SMILES string of the molecule is C/C=C/CCNC(N)=S. The first-order valence-corrected chi connectivity index (χ1v) is 3.32. The van der Waals surface area contributed by atoms with Gasteiger partial charge in [-0.15, -0.1) is 0 Å². The lowest BCUT2D eigenvalue weighted by atomic mass is 10.4. The quantitative estimate of drug-likeness (QED) is 0.349. The highest BCUT2D eigenvalue weighted by atomic mass is 32.1. The maximum atomic E-state index is 5.17. The molecule has 0 saturated heterocycles. The molecule has 0 heterocycles. The Morgan fingerprint density at radius 3 is 2.89 bits per heavy atom. The molecule has 0 aliphatic heterocycles. The van der Waals surface area contributed by atoms with Gasteiger partial charge >= 0.3 is 0 Å². The topological polar surface area (TPSA) is 38.0 Å². The molecule has 0 unspecified atom stereocenters. The van der Waals surface area contributed by atoms with Crippen LogP contribution in [0, 0.1) is 0 Å². The van der Waals surface area contributed by atoms with Crippen molar-refractivity contribution < 1.29 is 0 Å². The number of hydrogen-bond acceptors (Lipinski definition) is 1. The number of nitrogens with two attached hydrogens (primary N) is 1. The Morgan fingerprint density at radius 1 is 1.78 bits per heavy atom. The third-order valence-electron chi connectivity index (χ3n) is 0.846. The fourth-order valence-corrected chi connectivity index (χ4v) is 0.547. The molecule has 2 nitrogen and oxygen atoms in total. The number of thiocarbonyl (C=S) groups is 1. The predicted octanol–water partition coefficient (Wildman–Crippen LogP) is 0.786. The van der Waals surface area contributed by atoms with Gasteiger partial charge in [0.15, 0.2) is 5.11 Å². The molecule has 0 spiro atoms. The van der Waals surface area contributed by atoms with Crippen LogP contribution in [0.15, 0.2) is 12.2 Å². The van der Waals surface area contributed by atoms with Crippen LogP contribution < -0.4 is 11.1 Å². The van der Waals surface area contributed by atoms with Gasteiger partial charge in [0.2, 0.25) is 0 Å². The molecule has 0 saturated carbocycles. The third-order valence-corrected chi connectivity index (χ3v) is 0.990. The molecule has 0 aromatic carbocycles. The number of hydrogen-bond donors (Lipinski definition) is 2. The average molecular weight is 144 g/mol. The number of rotatable bonds is 3. The normalized spacial score (nSPS) is 9.89. The molecular formula is C6H12N2S. The van der Waals surface area contributed by atoms with Gasteiger partial charge in [0.1, 0.15) is 0 Å². The van der Waals surface area contributed by atoms with E-state index >= 15 is 0 Å². The summed E-state index contributed by atoms with van der Waals surface area (Å²) in [6.07, 6.45) is 5.04. The van der Waals surface area contributed by atoms with Crippen LogP contribution in [0.25, 0.3) is 0 Å². The molecular weight excluding hydrogens is 132 g/mol. The van der Waals surface area contributed by atoms with Crippen molar-refractivity contribution in [1.82, 2.24) is 5.32 Å². The second kappa shape index (κ2) is 5.56. The van der Waals surface area contributed by atoms with Gasteiger partial charge in [0.25, 0.3) is 0 Å². The molecule has 0 atom stereocenters. The summed E-state index contributed by atoms with van der Waals surface area (Å²) in [5, 5.41) is 3.21. The van der Waals surface area contributed by atoms with Crippen LogP contribution in [0.2, 0.25) is 0 Å². The zero-order valence-corrected chi connectivity index (χ0v) is 6.37. The molecule has 3 heteroatoms. The van der Waals surface area contributed by atoms with E-state index in [2.05, 4.69) is 23.6 Å². The Labute approximate surface area is 61.1 Å². The van der Waals surface area contributed by atoms with Gasteiger partial charge in [0, 0.05) is 6.54 Å². The third kappa shape index (κ3) is 7.43. The summed E-state index contributed by atoms with van der Waals surface area (Å²) in [4.78, 5) is 0. The Kier molecular flexibility index (Phi) is 5.21. The van der Waals surface area contributed by atoms with Gasteiger partial charge in [-0.1, -0.05) is 12.2 Å². The van der Waals surface area contributed by atoms with Crippen LogP contribution in [0.4, 0.5) is 0 Å². The van der Waals surface area contributed by atoms with E-state index in [0.29, 0.717) is 5.11 Å². The minimum Gasteiger partial charge on any atom is -0.376 e. The van der Waals surface area contributed by atoms with Gasteiger partial charge in [-0.2, -0.15) is 0 Å². The summed E-state index contributed by atoms with van der Waals surface area (Å²) < 4.78 is 0. The van der Waals surface area contributed by atoms with Crippen LogP contribution in [0.1, 0.15) is 13.3 Å². The summed E-state index contributed by atoms with van der Waals surface area (Å²) >= 11 is 4.59. The van der Waals surface area contributed by atoms with Crippen molar-refractivity contribution in [3.8, 4) is 0 Å². The highest BCUT2D eigenvalue weighted by molar-refractivity contribution is 7.80. The minimum absolute atomic E-state index is 0.375. The van der Waals surface area contributed by atoms with E-state index in [1.165, 1.54) is 0 Å². The van der Waals surface area contributed by atoms with Gasteiger partial charge in [-0.3, -0.25) is 0 Å². The van der Waals surface area contributed by atoms with Gasteiger partial charge in [0.05, 0.1) is 0 Å². The van der Waals surface area contributed by atoms with Gasteiger partial charge in [-0.25, -0.2) is 0 Å². The molecule has 0 aliphatic rings. The maximum absolute atomic E-state index is 5.17. The summed E-state index contributed by atoms with van der Waals surface area (Å²) in [5.41, 5.74) is 5.17. The van der Waals surface area contributed by atoms with Crippen LogP contribution in [-0.4, -0.2) is 11.7 Å². The van der Waals surface area contributed by atoms with E-state index in [1.54, 1.807) is 0 Å². The van der Waals surface area contributed by atoms with Crippen LogP contribution in [-0.2, 0) is 0 Å². The maximum Gasteiger partial charge on any atom is 0.163 e. The molecule has 0 fully saturated rings. The minimum atomic E-state index is 0.375. The second-order valence-corrected chi connectivity index (χ2v) is 2.09. The first-order chi connectivity index (χ1) is 4.27. The molecule has 0 aromatic rings. The lowest BCUT2D eigenvalue weighted by molar-refractivity contribution is 0.892. The first-order valence-electron chi connectivity index (χ1n) is 2.92. The van der Waals surface area contributed by atoms with E-state index in [0.717, 1.165) is 13.0 Å².